The fourth-order valence-corrected chi connectivity index (χ4v) is 3.52. The van der Waals surface area contributed by atoms with Crippen molar-refractivity contribution in [2.75, 3.05) is 13.1 Å². The number of carbonyl (C=O) groups is 1. The molecule has 162 valence electrons. The fourth-order valence-electron chi connectivity index (χ4n) is 3.52. The molecule has 0 heterocycles. The van der Waals surface area contributed by atoms with Gasteiger partial charge in [-0.1, -0.05) is 110 Å². The molecule has 4 heteroatoms. The Bertz CT molecular complexity index is 311. The molecule has 0 spiro atoms. The lowest BCUT2D eigenvalue weighted by atomic mass is 10.0. The van der Waals surface area contributed by atoms with Crippen LogP contribution in [0.25, 0.3) is 0 Å². The topological polar surface area (TPSA) is 61.4 Å². The van der Waals surface area contributed by atoms with Gasteiger partial charge in [0.25, 0.3) is 0 Å². The molecule has 1 unspecified atom stereocenters. The van der Waals surface area contributed by atoms with Crippen LogP contribution in [-0.4, -0.2) is 30.3 Å². The molecule has 0 saturated heterocycles. The quantitative estimate of drug-likeness (QED) is 0.152. The third-order valence-corrected chi connectivity index (χ3v) is 5.33. The van der Waals surface area contributed by atoms with Gasteiger partial charge in [0.2, 0.25) is 0 Å². The highest BCUT2D eigenvalue weighted by molar-refractivity contribution is 5.69. The second kappa shape index (κ2) is 21.7. The first kappa shape index (κ1) is 26.4. The zero-order valence-electron chi connectivity index (χ0n) is 18.4. The Hall–Kier alpha value is -0.610. The van der Waals surface area contributed by atoms with Crippen LogP contribution in [0.5, 0.6) is 0 Å². The largest absolute Gasteiger partial charge is 0.480 e. The van der Waals surface area contributed by atoms with Crippen molar-refractivity contribution in [1.29, 1.82) is 0 Å². The van der Waals surface area contributed by atoms with Crippen molar-refractivity contribution in [1.82, 2.24) is 10.6 Å². The molecule has 27 heavy (non-hydrogen) atoms. The predicted molar refractivity (Wildman–Crippen MR) is 117 cm³/mol. The average Bonchev–Trinajstić information content (AvgIpc) is 2.66. The summed E-state index contributed by atoms with van der Waals surface area (Å²) in [6, 6.07) is 0. The molecule has 0 aromatic carbocycles. The average molecular weight is 385 g/mol. The molecule has 0 aromatic rings. The molecule has 0 aliphatic carbocycles. The van der Waals surface area contributed by atoms with Gasteiger partial charge >= 0.3 is 5.97 Å². The van der Waals surface area contributed by atoms with Gasteiger partial charge in [-0.05, 0) is 19.4 Å². The first-order valence-corrected chi connectivity index (χ1v) is 11.9. The summed E-state index contributed by atoms with van der Waals surface area (Å²) in [4.78, 5) is 10.6. The molecule has 0 radical (unpaired) electrons. The molecule has 0 rings (SSSR count). The van der Waals surface area contributed by atoms with Crippen molar-refractivity contribution in [3.05, 3.63) is 0 Å². The van der Waals surface area contributed by atoms with Gasteiger partial charge in [-0.2, -0.15) is 0 Å². The molecule has 3 N–H and O–H groups in total. The molecule has 0 saturated carbocycles. The fraction of sp³-hybridized carbons (Fsp3) is 0.957. The Kier molecular flexibility index (Phi) is 21.2. The van der Waals surface area contributed by atoms with E-state index in [4.69, 9.17) is 5.11 Å². The lowest BCUT2D eigenvalue weighted by Crippen LogP contribution is -2.44. The van der Waals surface area contributed by atoms with Crippen LogP contribution in [0.15, 0.2) is 0 Å². The summed E-state index contributed by atoms with van der Waals surface area (Å²) in [5.41, 5.74) is 0. The molecule has 0 aliphatic rings. The minimum Gasteiger partial charge on any atom is -0.480 e. The summed E-state index contributed by atoms with van der Waals surface area (Å²) in [5, 5.41) is 15.1. The van der Waals surface area contributed by atoms with E-state index in [9.17, 15) is 4.79 Å². The number of hydrogen-bond donors (Lipinski definition) is 3. The summed E-state index contributed by atoms with van der Waals surface area (Å²) in [6.07, 6.45) is 23.3. The SMILES string of the molecule is CCCCCCCCCCCCCCCCCCNC(CC)NCC(=O)O. The molecular weight excluding hydrogens is 336 g/mol. The number of aliphatic carboxylic acids is 1. The number of carboxylic acids is 1. The summed E-state index contributed by atoms with van der Waals surface area (Å²) < 4.78 is 0. The first-order valence-electron chi connectivity index (χ1n) is 11.9. The molecule has 0 fully saturated rings. The molecule has 1 atom stereocenters. The maximum absolute atomic E-state index is 10.6. The van der Waals surface area contributed by atoms with E-state index in [1.165, 1.54) is 103 Å². The minimum absolute atomic E-state index is 0.0322. The molecule has 0 aromatic heterocycles. The molecule has 4 nitrogen and oxygen atoms in total. The Morgan fingerprint density at radius 2 is 1.07 bits per heavy atom. The minimum atomic E-state index is -0.794. The van der Waals surface area contributed by atoms with Gasteiger partial charge in [0.1, 0.15) is 0 Å². The first-order chi connectivity index (χ1) is 13.2. The van der Waals surface area contributed by atoms with Crippen LogP contribution in [-0.2, 0) is 4.79 Å². The molecule has 0 aliphatic heterocycles. The summed E-state index contributed by atoms with van der Waals surface area (Å²) in [5.74, 6) is -0.794. The highest BCUT2D eigenvalue weighted by Crippen LogP contribution is 2.13. The van der Waals surface area contributed by atoms with Gasteiger partial charge in [-0.3, -0.25) is 10.1 Å². The van der Waals surface area contributed by atoms with Crippen molar-refractivity contribution in [2.45, 2.75) is 129 Å². The third kappa shape index (κ3) is 21.5. The van der Waals surface area contributed by atoms with Gasteiger partial charge in [0, 0.05) is 0 Å². The monoisotopic (exact) mass is 384 g/mol. The van der Waals surface area contributed by atoms with Gasteiger partial charge in [-0.25, -0.2) is 0 Å². The third-order valence-electron chi connectivity index (χ3n) is 5.33. The molecule has 0 amide bonds. The highest BCUT2D eigenvalue weighted by atomic mass is 16.4. The van der Waals surface area contributed by atoms with E-state index in [0.717, 1.165) is 13.0 Å². The van der Waals surface area contributed by atoms with Gasteiger partial charge in [0.05, 0.1) is 12.7 Å². The van der Waals surface area contributed by atoms with Crippen molar-refractivity contribution in [3.8, 4) is 0 Å². The number of nitrogens with one attached hydrogen (secondary N) is 2. The zero-order chi connectivity index (χ0) is 20.0. The maximum atomic E-state index is 10.6. The van der Waals surface area contributed by atoms with Gasteiger partial charge in [-0.15, -0.1) is 0 Å². The normalized spacial score (nSPS) is 12.4. The van der Waals surface area contributed by atoms with E-state index in [0.29, 0.717) is 0 Å². The maximum Gasteiger partial charge on any atom is 0.317 e. The summed E-state index contributed by atoms with van der Waals surface area (Å²) in [6.45, 7) is 5.36. The lowest BCUT2D eigenvalue weighted by molar-refractivity contribution is -0.136. The second-order valence-corrected chi connectivity index (χ2v) is 7.99. The molecule has 0 bridgehead atoms. The van der Waals surface area contributed by atoms with Gasteiger partial charge < -0.3 is 10.4 Å². The van der Waals surface area contributed by atoms with Crippen LogP contribution >= 0.6 is 0 Å². The van der Waals surface area contributed by atoms with E-state index in [1.807, 2.05) is 0 Å². The smallest absolute Gasteiger partial charge is 0.317 e. The summed E-state index contributed by atoms with van der Waals surface area (Å²) >= 11 is 0. The van der Waals surface area contributed by atoms with E-state index in [1.54, 1.807) is 0 Å². The van der Waals surface area contributed by atoms with Crippen LogP contribution in [0.4, 0.5) is 0 Å². The van der Waals surface area contributed by atoms with E-state index in [2.05, 4.69) is 24.5 Å². The number of hydrogen-bond acceptors (Lipinski definition) is 3. The number of rotatable bonds is 22. The Morgan fingerprint density at radius 1 is 0.667 bits per heavy atom. The lowest BCUT2D eigenvalue weighted by Gasteiger charge is -2.17. The van der Waals surface area contributed by atoms with Gasteiger partial charge in [0.15, 0.2) is 0 Å². The Balaban J connectivity index is 3.17. The van der Waals surface area contributed by atoms with Crippen LogP contribution in [0.3, 0.4) is 0 Å². The Morgan fingerprint density at radius 3 is 1.44 bits per heavy atom. The summed E-state index contributed by atoms with van der Waals surface area (Å²) in [7, 11) is 0. The second-order valence-electron chi connectivity index (χ2n) is 7.99. The number of carboxylic acid groups (broad SMARTS) is 1. The van der Waals surface area contributed by atoms with Crippen LogP contribution in [0.1, 0.15) is 123 Å². The van der Waals surface area contributed by atoms with Crippen molar-refractivity contribution >= 4 is 5.97 Å². The predicted octanol–water partition coefficient (Wildman–Crippen LogP) is 6.25. The van der Waals surface area contributed by atoms with E-state index < -0.39 is 5.97 Å². The van der Waals surface area contributed by atoms with Crippen LogP contribution in [0.2, 0.25) is 0 Å². The van der Waals surface area contributed by atoms with E-state index >= 15 is 0 Å². The zero-order valence-corrected chi connectivity index (χ0v) is 18.4. The van der Waals surface area contributed by atoms with Crippen LogP contribution < -0.4 is 10.6 Å². The number of unbranched alkanes of at least 4 members (excludes halogenated alkanes) is 15. The highest BCUT2D eigenvalue weighted by Gasteiger charge is 2.05. The standard InChI is InChI=1S/C23H48N2O2/c1-3-5-6-7-8-9-10-11-12-13-14-15-16-17-18-19-20-24-22(4-2)25-21-23(26)27/h22,24-25H,3-21H2,1-2H3,(H,26,27). The van der Waals surface area contributed by atoms with Crippen LogP contribution in [0, 0.1) is 0 Å². The van der Waals surface area contributed by atoms with Crippen molar-refractivity contribution < 1.29 is 9.90 Å². The van der Waals surface area contributed by atoms with Crippen molar-refractivity contribution in [2.24, 2.45) is 0 Å². The van der Waals surface area contributed by atoms with Crippen molar-refractivity contribution in [3.63, 3.8) is 0 Å². The molecular formula is C23H48N2O2. The Labute approximate surface area is 169 Å². The van der Waals surface area contributed by atoms with E-state index in [-0.39, 0.29) is 12.7 Å².